The van der Waals surface area contributed by atoms with Crippen molar-refractivity contribution in [1.29, 1.82) is 0 Å². The summed E-state index contributed by atoms with van der Waals surface area (Å²) in [6.45, 7) is 2.26. The van der Waals surface area contributed by atoms with Gasteiger partial charge in [-0.15, -0.1) is 0 Å². The largest absolute Gasteiger partial charge is 0.443 e. The Morgan fingerprint density at radius 3 is 2.54 bits per heavy atom. The van der Waals surface area contributed by atoms with Crippen molar-refractivity contribution in [2.45, 2.75) is 70.0 Å². The number of oxazole rings is 1. The maximum absolute atomic E-state index is 14.1. The first kappa shape index (κ1) is 28.9. The molecule has 218 valence electrons. The van der Waals surface area contributed by atoms with Crippen molar-refractivity contribution < 1.29 is 18.8 Å². The van der Waals surface area contributed by atoms with Crippen molar-refractivity contribution in [3.63, 3.8) is 0 Å². The quantitative estimate of drug-likeness (QED) is 0.392. The third-order valence-corrected chi connectivity index (χ3v) is 9.36. The number of carbonyl (C=O) groups is 3. The van der Waals surface area contributed by atoms with Gasteiger partial charge in [0, 0.05) is 19.2 Å². The summed E-state index contributed by atoms with van der Waals surface area (Å²) >= 11 is 1.33. The second-order valence-corrected chi connectivity index (χ2v) is 11.8. The maximum atomic E-state index is 14.1. The zero-order valence-electron chi connectivity index (χ0n) is 23.8. The van der Waals surface area contributed by atoms with E-state index in [1.807, 2.05) is 30.3 Å². The molecule has 0 radical (unpaired) electrons. The monoisotopic (exact) mass is 578 g/mol. The molecule has 0 unspecified atom stereocenters. The number of benzene rings is 1. The molecular weight excluding hydrogens is 540 g/mol. The molecule has 2 fully saturated rings. The number of nitrogens with zero attached hydrogens (tertiary/aromatic N) is 4. The second kappa shape index (κ2) is 12.9. The summed E-state index contributed by atoms with van der Waals surface area (Å²) in [6, 6.07) is 8.01. The van der Waals surface area contributed by atoms with Crippen LogP contribution in [0.25, 0.3) is 22.2 Å². The lowest BCUT2D eigenvalue weighted by atomic mass is 9.83. The van der Waals surface area contributed by atoms with Crippen molar-refractivity contribution in [1.82, 2.24) is 25.5 Å². The van der Waals surface area contributed by atoms with E-state index in [-0.39, 0.29) is 23.6 Å². The van der Waals surface area contributed by atoms with E-state index in [1.165, 1.54) is 17.6 Å². The molecule has 2 aromatic heterocycles. The van der Waals surface area contributed by atoms with Crippen LogP contribution >= 0.6 is 11.3 Å². The lowest BCUT2D eigenvalue weighted by Gasteiger charge is -2.35. The normalized spacial score (nSPS) is 19.1. The minimum absolute atomic E-state index is 0.0628. The Labute approximate surface area is 244 Å². The van der Waals surface area contributed by atoms with E-state index in [0.717, 1.165) is 44.1 Å². The summed E-state index contributed by atoms with van der Waals surface area (Å²) in [5.41, 5.74) is 1.53. The van der Waals surface area contributed by atoms with Crippen molar-refractivity contribution >= 4 is 34.1 Å². The molecule has 11 heteroatoms. The van der Waals surface area contributed by atoms with Gasteiger partial charge in [0.2, 0.25) is 17.7 Å². The van der Waals surface area contributed by atoms with Crippen LogP contribution in [0.15, 0.2) is 47.2 Å². The first-order valence-electron chi connectivity index (χ1n) is 14.4. The molecule has 10 nitrogen and oxygen atoms in total. The maximum Gasteiger partial charge on any atom is 0.255 e. The number of carbonyl (C=O) groups excluding carboxylic acids is 3. The molecule has 1 aliphatic heterocycles. The highest BCUT2D eigenvalue weighted by molar-refractivity contribution is 7.19. The average Bonchev–Trinajstić information content (AvgIpc) is 3.80. The number of thiazole rings is 1. The smallest absolute Gasteiger partial charge is 0.255 e. The Morgan fingerprint density at radius 1 is 1.10 bits per heavy atom. The fourth-order valence-corrected chi connectivity index (χ4v) is 6.79. The minimum Gasteiger partial charge on any atom is -0.443 e. The molecule has 0 bridgehead atoms. The molecular formula is C30H38N6O4S. The molecule has 2 aliphatic rings. The van der Waals surface area contributed by atoms with Crippen LogP contribution in [0.1, 0.15) is 51.9 Å². The lowest BCUT2D eigenvalue weighted by molar-refractivity contribution is -0.142. The Hall–Kier alpha value is -3.57. The van der Waals surface area contributed by atoms with Crippen LogP contribution in [-0.4, -0.2) is 71.4 Å². The lowest BCUT2D eigenvalue weighted by Crippen LogP contribution is -2.58. The minimum atomic E-state index is -0.641. The van der Waals surface area contributed by atoms with Crippen molar-refractivity contribution in [3.8, 4) is 22.2 Å². The third kappa shape index (κ3) is 6.20. The highest BCUT2D eigenvalue weighted by Gasteiger charge is 2.42. The molecule has 1 aliphatic carbocycles. The van der Waals surface area contributed by atoms with E-state index in [0.29, 0.717) is 34.6 Å². The molecule has 5 rings (SSSR count). The molecule has 2 N–H and O–H groups in total. The Balaban J connectivity index is 1.41. The third-order valence-electron chi connectivity index (χ3n) is 8.24. The number of likely N-dealkylation sites (N-methyl/N-ethyl adjacent to an activating group) is 2. The van der Waals surface area contributed by atoms with Crippen LogP contribution in [0.3, 0.4) is 0 Å². The summed E-state index contributed by atoms with van der Waals surface area (Å²) in [4.78, 5) is 53.4. The molecule has 3 amide bonds. The summed E-state index contributed by atoms with van der Waals surface area (Å²) in [6.07, 6.45) is 9.35. The van der Waals surface area contributed by atoms with Gasteiger partial charge in [0.05, 0.1) is 12.2 Å². The van der Waals surface area contributed by atoms with Crippen LogP contribution in [0.5, 0.6) is 0 Å². The summed E-state index contributed by atoms with van der Waals surface area (Å²) in [5, 5.41) is 7.23. The number of hydrogen-bond donors (Lipinski definition) is 2. The molecule has 1 aromatic carbocycles. The van der Waals surface area contributed by atoms with Gasteiger partial charge < -0.3 is 24.9 Å². The first-order chi connectivity index (χ1) is 19.9. The van der Waals surface area contributed by atoms with Gasteiger partial charge in [0.1, 0.15) is 29.0 Å². The molecule has 1 saturated carbocycles. The molecule has 3 aromatic rings. The zero-order valence-corrected chi connectivity index (χ0v) is 24.7. The van der Waals surface area contributed by atoms with Crippen LogP contribution < -0.4 is 15.5 Å². The molecule has 0 spiro atoms. The van der Waals surface area contributed by atoms with Crippen LogP contribution in [0.4, 0.5) is 5.00 Å². The van der Waals surface area contributed by atoms with E-state index in [9.17, 15) is 14.4 Å². The number of amides is 3. The van der Waals surface area contributed by atoms with Crippen molar-refractivity contribution in [3.05, 3.63) is 42.8 Å². The molecule has 3 heterocycles. The second-order valence-electron chi connectivity index (χ2n) is 10.9. The fraction of sp³-hybridized carbons (Fsp3) is 0.500. The summed E-state index contributed by atoms with van der Waals surface area (Å²) < 4.78 is 5.49. The van der Waals surface area contributed by atoms with Gasteiger partial charge >= 0.3 is 0 Å². The highest BCUT2D eigenvalue weighted by atomic mass is 32.1. The van der Waals surface area contributed by atoms with Gasteiger partial charge in [-0.2, -0.15) is 0 Å². The molecule has 1 saturated heterocycles. The highest BCUT2D eigenvalue weighted by Crippen LogP contribution is 2.40. The Morgan fingerprint density at radius 2 is 1.85 bits per heavy atom. The summed E-state index contributed by atoms with van der Waals surface area (Å²) in [7, 11) is 3.46. The van der Waals surface area contributed by atoms with Gasteiger partial charge in [-0.1, -0.05) is 60.9 Å². The van der Waals surface area contributed by atoms with Crippen molar-refractivity contribution in [2.75, 3.05) is 25.5 Å². The predicted molar refractivity (Wildman–Crippen MR) is 158 cm³/mol. The van der Waals surface area contributed by atoms with E-state index in [4.69, 9.17) is 9.40 Å². The molecule has 41 heavy (non-hydrogen) atoms. The molecule has 3 atom stereocenters. The van der Waals surface area contributed by atoms with E-state index in [1.54, 1.807) is 37.0 Å². The number of likely N-dealkylation sites (tertiary alicyclic amines) is 1. The van der Waals surface area contributed by atoms with Gasteiger partial charge in [-0.25, -0.2) is 9.97 Å². The Kier molecular flexibility index (Phi) is 9.14. The van der Waals surface area contributed by atoms with Crippen LogP contribution in [-0.2, 0) is 14.4 Å². The number of aromatic nitrogens is 2. The van der Waals surface area contributed by atoms with E-state index >= 15 is 0 Å². The standard InChI is InChI=1S/C30H38N6O4S/c1-19(31-2)25(37)33-23(20-11-6-4-7-12-20)29(39)36-17-10-15-22(36)28(38)35(3)30-24(21-13-8-5-9-14-21)34-27(41-30)26-32-16-18-40-26/h5,8-9,13-14,16,18-20,22-23,31H,4,6-7,10-12,15,17H2,1-3H3,(H,33,37)/t19-,22-,23-/m0/s1. The zero-order chi connectivity index (χ0) is 28.9. The van der Waals surface area contributed by atoms with Gasteiger partial charge in [-0.05, 0) is 45.6 Å². The van der Waals surface area contributed by atoms with Crippen LogP contribution in [0.2, 0.25) is 0 Å². The van der Waals surface area contributed by atoms with E-state index < -0.39 is 18.1 Å². The summed E-state index contributed by atoms with van der Waals surface area (Å²) in [5.74, 6) is -0.0858. The van der Waals surface area contributed by atoms with Gasteiger partial charge in [0.25, 0.3) is 5.89 Å². The first-order valence-corrected chi connectivity index (χ1v) is 15.2. The Bertz CT molecular complexity index is 1340. The van der Waals surface area contributed by atoms with Crippen molar-refractivity contribution in [2.24, 2.45) is 5.92 Å². The number of anilines is 1. The number of rotatable bonds is 9. The fourth-order valence-electron chi connectivity index (χ4n) is 5.79. The number of nitrogens with one attached hydrogen (secondary N) is 2. The number of hydrogen-bond acceptors (Lipinski definition) is 8. The van der Waals surface area contributed by atoms with E-state index in [2.05, 4.69) is 15.6 Å². The van der Waals surface area contributed by atoms with Gasteiger partial charge in [0.15, 0.2) is 5.01 Å². The van der Waals surface area contributed by atoms with Crippen LogP contribution in [0, 0.1) is 5.92 Å². The van der Waals surface area contributed by atoms with Gasteiger partial charge in [-0.3, -0.25) is 14.4 Å². The SMILES string of the molecule is CN[C@@H](C)C(=O)N[C@H](C(=O)N1CCC[C@H]1C(=O)N(C)c1sc(-c2ncco2)nc1-c1ccccc1)C1CCCCC1. The topological polar surface area (TPSA) is 121 Å². The predicted octanol–water partition coefficient (Wildman–Crippen LogP) is 4.09. The average molecular weight is 579 g/mol.